The molecule has 0 saturated carbocycles. The molecule has 2 aliphatic heterocycles. The molecule has 8 heteroatoms. The van der Waals surface area contributed by atoms with Crippen LogP contribution in [0.5, 0.6) is 0 Å². The number of ether oxygens (including phenoxy) is 1. The normalized spacial score (nSPS) is 27.1. The first kappa shape index (κ1) is 18.8. The average Bonchev–Trinajstić information content (AvgIpc) is 2.86. The summed E-state index contributed by atoms with van der Waals surface area (Å²) in [5.41, 5.74) is -0.913. The van der Waals surface area contributed by atoms with Crippen LogP contribution in [0, 0.1) is 0 Å². The SMILES string of the molecule is O=S(=O)(c1ccccc1)N1CCC(NC[C@@]2(O)CNCCOC2)CC1. The first-order chi connectivity index (χ1) is 12.0. The fourth-order valence-corrected chi connectivity index (χ4v) is 4.76. The number of hydrogen-bond acceptors (Lipinski definition) is 6. The van der Waals surface area contributed by atoms with Crippen molar-refractivity contribution >= 4 is 10.0 Å². The van der Waals surface area contributed by atoms with E-state index < -0.39 is 15.6 Å². The number of benzene rings is 1. The second-order valence-corrected chi connectivity index (χ2v) is 8.76. The first-order valence-electron chi connectivity index (χ1n) is 8.79. The molecule has 3 rings (SSSR count). The number of β-amino-alcohol motifs (C(OH)–C–C–N with tert-alkyl or cyclic N) is 1. The number of aliphatic hydroxyl groups is 1. The van der Waals surface area contributed by atoms with Gasteiger partial charge in [0.25, 0.3) is 0 Å². The lowest BCUT2D eigenvalue weighted by Crippen LogP contribution is -2.54. The molecule has 2 saturated heterocycles. The Morgan fingerprint density at radius 2 is 2.00 bits per heavy atom. The maximum Gasteiger partial charge on any atom is 0.243 e. The molecule has 0 spiro atoms. The van der Waals surface area contributed by atoms with Crippen LogP contribution < -0.4 is 10.6 Å². The molecule has 2 heterocycles. The van der Waals surface area contributed by atoms with Crippen LogP contribution in [0.3, 0.4) is 0 Å². The van der Waals surface area contributed by atoms with Crippen LogP contribution in [0.15, 0.2) is 35.2 Å². The van der Waals surface area contributed by atoms with Crippen LogP contribution in [0.2, 0.25) is 0 Å². The molecular weight excluding hydrogens is 342 g/mol. The molecule has 1 aromatic rings. The molecule has 2 aliphatic rings. The van der Waals surface area contributed by atoms with Gasteiger partial charge in [0.05, 0.1) is 18.1 Å². The van der Waals surface area contributed by atoms with Crippen molar-refractivity contribution in [2.45, 2.75) is 29.4 Å². The van der Waals surface area contributed by atoms with Gasteiger partial charge in [-0.3, -0.25) is 0 Å². The topological polar surface area (TPSA) is 90.9 Å². The van der Waals surface area contributed by atoms with E-state index in [1.807, 2.05) is 6.07 Å². The summed E-state index contributed by atoms with van der Waals surface area (Å²) in [6, 6.07) is 8.76. The lowest BCUT2D eigenvalue weighted by Gasteiger charge is -2.34. The summed E-state index contributed by atoms with van der Waals surface area (Å²) in [6.45, 7) is 3.59. The fraction of sp³-hybridized carbons (Fsp3) is 0.647. The molecule has 25 heavy (non-hydrogen) atoms. The molecule has 0 radical (unpaired) electrons. The van der Waals surface area contributed by atoms with Gasteiger partial charge in [-0.05, 0) is 25.0 Å². The van der Waals surface area contributed by atoms with Gasteiger partial charge in [-0.2, -0.15) is 4.31 Å². The smallest absolute Gasteiger partial charge is 0.243 e. The predicted molar refractivity (Wildman–Crippen MR) is 94.9 cm³/mol. The maximum absolute atomic E-state index is 12.6. The van der Waals surface area contributed by atoms with Gasteiger partial charge in [0.2, 0.25) is 10.0 Å². The van der Waals surface area contributed by atoms with E-state index in [4.69, 9.17) is 4.74 Å². The number of hydrogen-bond donors (Lipinski definition) is 3. The van der Waals surface area contributed by atoms with Gasteiger partial charge >= 0.3 is 0 Å². The van der Waals surface area contributed by atoms with Gasteiger partial charge < -0.3 is 20.5 Å². The zero-order valence-electron chi connectivity index (χ0n) is 14.4. The number of nitrogens with one attached hydrogen (secondary N) is 2. The van der Waals surface area contributed by atoms with E-state index in [0.29, 0.717) is 44.3 Å². The Morgan fingerprint density at radius 1 is 1.28 bits per heavy atom. The summed E-state index contributed by atoms with van der Waals surface area (Å²) in [4.78, 5) is 0.345. The van der Waals surface area contributed by atoms with Crippen molar-refractivity contribution in [2.24, 2.45) is 0 Å². The molecule has 0 unspecified atom stereocenters. The van der Waals surface area contributed by atoms with E-state index in [-0.39, 0.29) is 6.04 Å². The van der Waals surface area contributed by atoms with Crippen molar-refractivity contribution in [2.75, 3.05) is 45.9 Å². The minimum absolute atomic E-state index is 0.203. The largest absolute Gasteiger partial charge is 0.385 e. The molecule has 1 atom stereocenters. The van der Waals surface area contributed by atoms with Crippen LogP contribution in [-0.2, 0) is 14.8 Å². The summed E-state index contributed by atoms with van der Waals surface area (Å²) in [5.74, 6) is 0. The van der Waals surface area contributed by atoms with Crippen molar-refractivity contribution < 1.29 is 18.3 Å². The molecule has 140 valence electrons. The van der Waals surface area contributed by atoms with Crippen molar-refractivity contribution in [3.05, 3.63) is 30.3 Å². The Kier molecular flexibility index (Phi) is 6.08. The first-order valence-corrected chi connectivity index (χ1v) is 10.2. The molecule has 0 amide bonds. The third kappa shape index (κ3) is 4.78. The lowest BCUT2D eigenvalue weighted by molar-refractivity contribution is -0.0285. The van der Waals surface area contributed by atoms with Gasteiger partial charge in [-0.1, -0.05) is 18.2 Å². The highest BCUT2D eigenvalue weighted by Crippen LogP contribution is 2.20. The quantitative estimate of drug-likeness (QED) is 0.665. The van der Waals surface area contributed by atoms with Crippen LogP contribution in [-0.4, -0.2) is 75.4 Å². The monoisotopic (exact) mass is 369 g/mol. The molecule has 3 N–H and O–H groups in total. The van der Waals surface area contributed by atoms with Crippen molar-refractivity contribution in [3.8, 4) is 0 Å². The summed E-state index contributed by atoms with van der Waals surface area (Å²) < 4.78 is 32.2. The Labute approximate surface area is 149 Å². The van der Waals surface area contributed by atoms with Gasteiger partial charge in [0, 0.05) is 38.8 Å². The fourth-order valence-electron chi connectivity index (χ4n) is 3.27. The minimum atomic E-state index is -3.41. The third-order valence-electron chi connectivity index (χ3n) is 4.80. The van der Waals surface area contributed by atoms with E-state index >= 15 is 0 Å². The zero-order valence-corrected chi connectivity index (χ0v) is 15.2. The molecular formula is C17H27N3O4S. The van der Waals surface area contributed by atoms with Gasteiger partial charge in [-0.25, -0.2) is 8.42 Å². The minimum Gasteiger partial charge on any atom is -0.385 e. The van der Waals surface area contributed by atoms with Gasteiger partial charge in [0.1, 0.15) is 5.60 Å². The Bertz CT molecular complexity index is 637. The van der Waals surface area contributed by atoms with E-state index in [0.717, 1.165) is 19.4 Å². The average molecular weight is 369 g/mol. The molecule has 0 aromatic heterocycles. The Morgan fingerprint density at radius 3 is 2.72 bits per heavy atom. The highest BCUT2D eigenvalue weighted by atomic mass is 32.2. The van der Waals surface area contributed by atoms with Crippen molar-refractivity contribution in [3.63, 3.8) is 0 Å². The van der Waals surface area contributed by atoms with Crippen LogP contribution in [0.25, 0.3) is 0 Å². The van der Waals surface area contributed by atoms with Gasteiger partial charge in [0.15, 0.2) is 0 Å². The Hall–Kier alpha value is -1.03. The standard InChI is InChI=1S/C17H27N3O4S/c21-17(12-18-8-11-24-14-17)13-19-15-6-9-20(10-7-15)25(22,23)16-4-2-1-3-5-16/h1-5,15,18-19,21H,6-14H2/t17-/m0/s1. The summed E-state index contributed by atoms with van der Waals surface area (Å²) in [7, 11) is -3.41. The van der Waals surface area contributed by atoms with E-state index in [1.54, 1.807) is 28.6 Å². The number of piperidine rings is 1. The molecule has 2 fully saturated rings. The number of sulfonamides is 1. The predicted octanol–water partition coefficient (Wildman–Crippen LogP) is -0.220. The van der Waals surface area contributed by atoms with E-state index in [2.05, 4.69) is 10.6 Å². The summed E-state index contributed by atoms with van der Waals surface area (Å²) in [6.07, 6.45) is 1.47. The molecule has 7 nitrogen and oxygen atoms in total. The van der Waals surface area contributed by atoms with E-state index in [9.17, 15) is 13.5 Å². The number of rotatable bonds is 5. The highest BCUT2D eigenvalue weighted by Gasteiger charge is 2.32. The summed E-state index contributed by atoms with van der Waals surface area (Å²) >= 11 is 0. The third-order valence-corrected chi connectivity index (χ3v) is 6.72. The number of nitrogens with zero attached hydrogens (tertiary/aromatic N) is 1. The summed E-state index contributed by atoms with van der Waals surface area (Å²) in [5, 5.41) is 17.1. The molecule has 1 aromatic carbocycles. The van der Waals surface area contributed by atoms with Crippen LogP contribution in [0.1, 0.15) is 12.8 Å². The second-order valence-electron chi connectivity index (χ2n) is 6.83. The maximum atomic E-state index is 12.6. The lowest BCUT2D eigenvalue weighted by atomic mass is 10.0. The van der Waals surface area contributed by atoms with Crippen molar-refractivity contribution in [1.82, 2.24) is 14.9 Å². The zero-order chi connectivity index (χ0) is 17.8. The van der Waals surface area contributed by atoms with Crippen LogP contribution >= 0.6 is 0 Å². The second kappa shape index (κ2) is 8.11. The molecule has 0 bridgehead atoms. The Balaban J connectivity index is 1.50. The molecule has 0 aliphatic carbocycles. The van der Waals surface area contributed by atoms with Gasteiger partial charge in [-0.15, -0.1) is 0 Å². The van der Waals surface area contributed by atoms with E-state index in [1.165, 1.54) is 0 Å². The van der Waals surface area contributed by atoms with Crippen molar-refractivity contribution in [1.29, 1.82) is 0 Å². The van der Waals surface area contributed by atoms with Crippen LogP contribution in [0.4, 0.5) is 0 Å². The highest BCUT2D eigenvalue weighted by molar-refractivity contribution is 7.89.